The Bertz CT molecular complexity index is 675. The monoisotopic (exact) mass is 303 g/mol. The minimum atomic E-state index is 0.577. The van der Waals surface area contributed by atoms with E-state index in [0.717, 1.165) is 16.0 Å². The Kier molecular flexibility index (Phi) is 3.07. The summed E-state index contributed by atoms with van der Waals surface area (Å²) in [5.74, 6) is 8.51. The maximum Gasteiger partial charge on any atom is 0.197 e. The number of hydrogen-bond donors (Lipinski definition) is 2. The first-order valence-corrected chi connectivity index (χ1v) is 8.01. The Morgan fingerprint density at radius 1 is 1.24 bits per heavy atom. The fourth-order valence-corrected chi connectivity index (χ4v) is 3.37. The summed E-state index contributed by atoms with van der Waals surface area (Å²) in [4.78, 5) is 8.65. The van der Waals surface area contributed by atoms with Gasteiger partial charge in [-0.25, -0.2) is 15.8 Å². The molecule has 0 radical (unpaired) electrons. The number of rotatable bonds is 5. The highest BCUT2D eigenvalue weighted by Crippen LogP contribution is 2.46. The van der Waals surface area contributed by atoms with Gasteiger partial charge in [0.2, 0.25) is 0 Å². The van der Waals surface area contributed by atoms with Gasteiger partial charge in [-0.3, -0.25) is 0 Å². The first kappa shape index (κ1) is 13.0. The van der Waals surface area contributed by atoms with E-state index in [-0.39, 0.29) is 0 Å². The molecule has 0 amide bonds. The maximum atomic E-state index is 5.44. The molecule has 4 rings (SSSR count). The van der Waals surface area contributed by atoms with Crippen molar-refractivity contribution < 1.29 is 0 Å². The van der Waals surface area contributed by atoms with Crippen LogP contribution in [0.5, 0.6) is 0 Å². The molecule has 8 heteroatoms. The van der Waals surface area contributed by atoms with Crippen LogP contribution in [0, 0.1) is 6.92 Å². The van der Waals surface area contributed by atoms with Gasteiger partial charge in [0.1, 0.15) is 22.5 Å². The van der Waals surface area contributed by atoms with Gasteiger partial charge in [-0.05, 0) is 44.4 Å². The van der Waals surface area contributed by atoms with Crippen molar-refractivity contribution in [2.45, 2.75) is 54.7 Å². The number of hydrazine groups is 1. The number of nitrogens with zero attached hydrogens (tertiary/aromatic N) is 5. The summed E-state index contributed by atoms with van der Waals surface area (Å²) in [6.07, 6.45) is 4.93. The standard InChI is InChI=1S/C13H17N7S/c1-7-15-10(17-14)6-11(16-7)21-13-19-18-12(8-2-3-8)20(13)9-4-5-9/h6,8-9H,2-5,14H2,1H3,(H,15,16,17). The van der Waals surface area contributed by atoms with Crippen LogP contribution in [0.25, 0.3) is 0 Å². The van der Waals surface area contributed by atoms with E-state index in [9.17, 15) is 0 Å². The van der Waals surface area contributed by atoms with Crippen LogP contribution in [0.1, 0.15) is 49.3 Å². The quantitative estimate of drug-likeness (QED) is 0.495. The molecule has 2 saturated carbocycles. The largest absolute Gasteiger partial charge is 0.308 e. The third-order valence-electron chi connectivity index (χ3n) is 3.70. The minimum absolute atomic E-state index is 0.577. The van der Waals surface area contributed by atoms with Crippen LogP contribution in [0.15, 0.2) is 16.2 Å². The zero-order chi connectivity index (χ0) is 14.4. The summed E-state index contributed by atoms with van der Waals surface area (Å²) < 4.78 is 2.31. The SMILES string of the molecule is Cc1nc(NN)cc(Sc2nnc(C3CC3)n2C2CC2)n1. The fraction of sp³-hybridized carbons (Fsp3) is 0.538. The molecule has 0 spiro atoms. The van der Waals surface area contributed by atoms with Crippen molar-refractivity contribution in [3.05, 3.63) is 17.7 Å². The van der Waals surface area contributed by atoms with Crippen LogP contribution in [-0.4, -0.2) is 24.7 Å². The predicted molar refractivity (Wildman–Crippen MR) is 79.0 cm³/mol. The van der Waals surface area contributed by atoms with E-state index in [0.29, 0.717) is 23.6 Å². The van der Waals surface area contributed by atoms with Crippen molar-refractivity contribution in [2.24, 2.45) is 5.84 Å². The molecule has 2 aliphatic rings. The zero-order valence-corrected chi connectivity index (χ0v) is 12.6. The van der Waals surface area contributed by atoms with E-state index in [4.69, 9.17) is 5.84 Å². The number of nitrogen functional groups attached to an aromatic ring is 1. The molecular formula is C13H17N7S. The van der Waals surface area contributed by atoms with Crippen molar-refractivity contribution >= 4 is 17.6 Å². The lowest BCUT2D eigenvalue weighted by atomic mass is 10.4. The van der Waals surface area contributed by atoms with E-state index in [1.165, 1.54) is 37.4 Å². The molecule has 0 bridgehead atoms. The van der Waals surface area contributed by atoms with Gasteiger partial charge in [-0.1, -0.05) is 0 Å². The summed E-state index contributed by atoms with van der Waals surface area (Å²) in [6, 6.07) is 2.41. The second-order valence-corrected chi connectivity index (χ2v) is 6.59. The molecule has 2 aliphatic carbocycles. The lowest BCUT2D eigenvalue weighted by Gasteiger charge is -2.08. The van der Waals surface area contributed by atoms with E-state index in [1.807, 2.05) is 13.0 Å². The zero-order valence-electron chi connectivity index (χ0n) is 11.8. The van der Waals surface area contributed by atoms with Gasteiger partial charge >= 0.3 is 0 Å². The molecule has 2 fully saturated rings. The van der Waals surface area contributed by atoms with E-state index in [2.05, 4.69) is 30.2 Å². The van der Waals surface area contributed by atoms with Crippen molar-refractivity contribution in [3.63, 3.8) is 0 Å². The van der Waals surface area contributed by atoms with Gasteiger partial charge in [-0.2, -0.15) is 0 Å². The third-order valence-corrected chi connectivity index (χ3v) is 4.58. The lowest BCUT2D eigenvalue weighted by Crippen LogP contribution is -2.10. The summed E-state index contributed by atoms with van der Waals surface area (Å²) in [6.45, 7) is 1.85. The summed E-state index contributed by atoms with van der Waals surface area (Å²) in [5.41, 5.74) is 2.57. The molecule has 0 aromatic carbocycles. The normalized spacial score (nSPS) is 18.0. The van der Waals surface area contributed by atoms with Gasteiger partial charge in [0.25, 0.3) is 0 Å². The number of nitrogens with two attached hydrogens (primary N) is 1. The molecule has 3 N–H and O–H groups in total. The summed E-state index contributed by atoms with van der Waals surface area (Å²) >= 11 is 1.53. The van der Waals surface area contributed by atoms with Gasteiger partial charge < -0.3 is 9.99 Å². The molecule has 110 valence electrons. The molecule has 2 aromatic rings. The Labute approximate surface area is 126 Å². The van der Waals surface area contributed by atoms with Gasteiger partial charge in [0.15, 0.2) is 5.16 Å². The second-order valence-electron chi connectivity index (χ2n) is 5.60. The van der Waals surface area contributed by atoms with Crippen LogP contribution >= 0.6 is 11.8 Å². The Balaban J connectivity index is 1.66. The van der Waals surface area contributed by atoms with Crippen molar-refractivity contribution in [2.75, 3.05) is 5.43 Å². The number of aromatic nitrogens is 5. The van der Waals surface area contributed by atoms with E-state index < -0.39 is 0 Å². The van der Waals surface area contributed by atoms with E-state index >= 15 is 0 Å². The van der Waals surface area contributed by atoms with Gasteiger partial charge in [-0.15, -0.1) is 10.2 Å². The molecule has 21 heavy (non-hydrogen) atoms. The molecule has 0 saturated heterocycles. The molecule has 7 nitrogen and oxygen atoms in total. The lowest BCUT2D eigenvalue weighted by molar-refractivity contribution is 0.626. The fourth-order valence-electron chi connectivity index (χ4n) is 2.41. The average molecular weight is 303 g/mol. The minimum Gasteiger partial charge on any atom is -0.308 e. The predicted octanol–water partition coefficient (Wildman–Crippen LogP) is 2.03. The van der Waals surface area contributed by atoms with Crippen LogP contribution in [0.4, 0.5) is 5.82 Å². The van der Waals surface area contributed by atoms with Crippen LogP contribution in [0.2, 0.25) is 0 Å². The van der Waals surface area contributed by atoms with Crippen LogP contribution < -0.4 is 11.3 Å². The number of aryl methyl sites for hydroxylation is 1. The Morgan fingerprint density at radius 3 is 2.71 bits per heavy atom. The maximum absolute atomic E-state index is 5.44. The van der Waals surface area contributed by atoms with Crippen molar-refractivity contribution in [1.82, 2.24) is 24.7 Å². The van der Waals surface area contributed by atoms with E-state index in [1.54, 1.807) is 0 Å². The van der Waals surface area contributed by atoms with Crippen molar-refractivity contribution in [1.29, 1.82) is 0 Å². The number of anilines is 1. The Morgan fingerprint density at radius 2 is 2.05 bits per heavy atom. The highest BCUT2D eigenvalue weighted by Gasteiger charge is 2.36. The molecule has 0 atom stereocenters. The second kappa shape index (κ2) is 4.96. The van der Waals surface area contributed by atoms with Crippen molar-refractivity contribution in [3.8, 4) is 0 Å². The first-order valence-electron chi connectivity index (χ1n) is 7.19. The average Bonchev–Trinajstić information content (AvgIpc) is 3.37. The molecule has 2 aromatic heterocycles. The molecule has 0 unspecified atom stereocenters. The molecule has 2 heterocycles. The topological polar surface area (TPSA) is 94.5 Å². The van der Waals surface area contributed by atoms with Gasteiger partial charge in [0.05, 0.1) is 0 Å². The van der Waals surface area contributed by atoms with Gasteiger partial charge in [0, 0.05) is 18.0 Å². The number of nitrogens with one attached hydrogen (secondary N) is 1. The number of hydrogen-bond acceptors (Lipinski definition) is 7. The molecular weight excluding hydrogens is 286 g/mol. The smallest absolute Gasteiger partial charge is 0.197 e. The highest BCUT2D eigenvalue weighted by atomic mass is 32.2. The Hall–Kier alpha value is -1.67. The summed E-state index contributed by atoms with van der Waals surface area (Å²) in [7, 11) is 0. The highest BCUT2D eigenvalue weighted by molar-refractivity contribution is 7.99. The first-order chi connectivity index (χ1) is 10.2. The molecule has 0 aliphatic heterocycles. The summed E-state index contributed by atoms with van der Waals surface area (Å²) in [5, 5.41) is 10.6. The third kappa shape index (κ3) is 2.60. The van der Waals surface area contributed by atoms with Crippen LogP contribution in [-0.2, 0) is 0 Å². The van der Waals surface area contributed by atoms with Crippen LogP contribution in [0.3, 0.4) is 0 Å².